The SMILES string of the molecule is CN(Cc1ccccc1)S(=O)(=O)c1ccc(NC(=S)NC(=O)C=Cc2ccco2)cc1. The van der Waals surface area contributed by atoms with Gasteiger partial charge in [0.25, 0.3) is 0 Å². The summed E-state index contributed by atoms with van der Waals surface area (Å²) in [5, 5.41) is 5.44. The van der Waals surface area contributed by atoms with Crippen molar-refractivity contribution < 1.29 is 17.6 Å². The third-order valence-corrected chi connectivity index (χ3v) is 6.27. The van der Waals surface area contributed by atoms with Crippen LogP contribution in [0.2, 0.25) is 0 Å². The molecule has 0 spiro atoms. The van der Waals surface area contributed by atoms with Crippen LogP contribution in [0.15, 0.2) is 88.4 Å². The lowest BCUT2D eigenvalue weighted by Crippen LogP contribution is -2.32. The molecule has 0 bridgehead atoms. The predicted octanol–water partition coefficient (Wildman–Crippen LogP) is 3.63. The number of carbonyl (C=O) groups excluding carboxylic acids is 1. The van der Waals surface area contributed by atoms with E-state index in [1.165, 1.54) is 41.9 Å². The molecule has 0 fully saturated rings. The maximum absolute atomic E-state index is 12.8. The van der Waals surface area contributed by atoms with Gasteiger partial charge in [-0.2, -0.15) is 4.31 Å². The van der Waals surface area contributed by atoms with Gasteiger partial charge in [0, 0.05) is 25.4 Å². The van der Waals surface area contributed by atoms with Crippen LogP contribution in [0.4, 0.5) is 5.69 Å². The Hall–Kier alpha value is -3.27. The molecule has 0 unspecified atom stereocenters. The van der Waals surface area contributed by atoms with E-state index >= 15 is 0 Å². The lowest BCUT2D eigenvalue weighted by Gasteiger charge is -2.17. The Balaban J connectivity index is 1.57. The van der Waals surface area contributed by atoms with Gasteiger partial charge in [0.05, 0.1) is 11.2 Å². The van der Waals surface area contributed by atoms with Crippen LogP contribution in [0.3, 0.4) is 0 Å². The number of benzene rings is 2. The zero-order chi connectivity index (χ0) is 22.3. The van der Waals surface area contributed by atoms with Crippen LogP contribution < -0.4 is 10.6 Å². The van der Waals surface area contributed by atoms with Crippen LogP contribution in [-0.4, -0.2) is 30.8 Å². The summed E-state index contributed by atoms with van der Waals surface area (Å²) in [5.41, 5.74) is 1.44. The van der Waals surface area contributed by atoms with Gasteiger partial charge < -0.3 is 9.73 Å². The fourth-order valence-electron chi connectivity index (χ4n) is 2.68. The fourth-order valence-corrected chi connectivity index (χ4v) is 4.05. The Labute approximate surface area is 186 Å². The number of hydrogen-bond donors (Lipinski definition) is 2. The topological polar surface area (TPSA) is 91.7 Å². The van der Waals surface area contributed by atoms with Gasteiger partial charge in [-0.25, -0.2) is 8.42 Å². The molecule has 3 aromatic rings. The van der Waals surface area contributed by atoms with Crippen LogP contribution in [-0.2, 0) is 21.4 Å². The van der Waals surface area contributed by atoms with Crippen molar-refractivity contribution in [1.82, 2.24) is 9.62 Å². The zero-order valence-electron chi connectivity index (χ0n) is 16.7. The van der Waals surface area contributed by atoms with Gasteiger partial charge >= 0.3 is 0 Å². The maximum atomic E-state index is 12.8. The largest absolute Gasteiger partial charge is 0.465 e. The lowest BCUT2D eigenvalue weighted by molar-refractivity contribution is -0.115. The summed E-state index contributed by atoms with van der Waals surface area (Å²) in [6.45, 7) is 0.269. The predicted molar refractivity (Wildman–Crippen MR) is 124 cm³/mol. The number of nitrogens with one attached hydrogen (secondary N) is 2. The van der Waals surface area contributed by atoms with E-state index in [4.69, 9.17) is 16.6 Å². The molecule has 0 saturated carbocycles. The Morgan fingerprint density at radius 1 is 1.06 bits per heavy atom. The third-order valence-electron chi connectivity index (χ3n) is 4.25. The number of anilines is 1. The molecule has 3 rings (SSSR count). The van der Waals surface area contributed by atoms with Gasteiger partial charge in [0.1, 0.15) is 5.76 Å². The normalized spacial score (nSPS) is 11.5. The van der Waals surface area contributed by atoms with Gasteiger partial charge in [-0.3, -0.25) is 10.1 Å². The fraction of sp³-hybridized carbons (Fsp3) is 0.0909. The molecular weight excluding hydrogens is 434 g/mol. The molecule has 1 heterocycles. The minimum absolute atomic E-state index is 0.0888. The second-order valence-corrected chi connectivity index (χ2v) is 9.02. The summed E-state index contributed by atoms with van der Waals surface area (Å²) in [6.07, 6.45) is 4.32. The quantitative estimate of drug-likeness (QED) is 0.418. The number of rotatable bonds is 7. The Morgan fingerprint density at radius 3 is 2.42 bits per heavy atom. The smallest absolute Gasteiger partial charge is 0.250 e. The van der Waals surface area contributed by atoms with E-state index in [-0.39, 0.29) is 16.6 Å². The van der Waals surface area contributed by atoms with Gasteiger partial charge in [0.15, 0.2) is 5.11 Å². The minimum atomic E-state index is -3.65. The number of carbonyl (C=O) groups is 1. The molecule has 0 aliphatic rings. The van der Waals surface area contributed by atoms with Crippen molar-refractivity contribution >= 4 is 45.0 Å². The number of sulfonamides is 1. The van der Waals surface area contributed by atoms with E-state index in [0.29, 0.717) is 11.4 Å². The van der Waals surface area contributed by atoms with E-state index in [9.17, 15) is 13.2 Å². The first kappa shape index (κ1) is 22.4. The molecule has 160 valence electrons. The number of amides is 1. The molecule has 2 aromatic carbocycles. The number of furan rings is 1. The molecule has 0 atom stereocenters. The lowest BCUT2D eigenvalue weighted by atomic mass is 10.2. The third kappa shape index (κ3) is 6.35. The summed E-state index contributed by atoms with van der Waals surface area (Å²) in [4.78, 5) is 12.1. The molecular formula is C22H21N3O4S2. The molecule has 31 heavy (non-hydrogen) atoms. The summed E-state index contributed by atoms with van der Waals surface area (Å²) < 4.78 is 32.0. The first-order chi connectivity index (χ1) is 14.8. The van der Waals surface area contributed by atoms with Crippen LogP contribution in [0.5, 0.6) is 0 Å². The molecule has 0 radical (unpaired) electrons. The average molecular weight is 456 g/mol. The summed E-state index contributed by atoms with van der Waals surface area (Å²) >= 11 is 5.12. The van der Waals surface area contributed by atoms with Gasteiger partial charge in [-0.15, -0.1) is 0 Å². The van der Waals surface area contributed by atoms with E-state index < -0.39 is 15.9 Å². The number of hydrogen-bond acceptors (Lipinski definition) is 5. The molecule has 0 aliphatic heterocycles. The van der Waals surface area contributed by atoms with Gasteiger partial charge in [-0.1, -0.05) is 30.3 Å². The summed E-state index contributed by atoms with van der Waals surface area (Å²) in [6, 6.07) is 18.9. The van der Waals surface area contributed by atoms with Crippen LogP contribution in [0.1, 0.15) is 11.3 Å². The highest BCUT2D eigenvalue weighted by atomic mass is 32.2. The Kier molecular flexibility index (Phi) is 7.35. The van der Waals surface area contributed by atoms with Crippen LogP contribution in [0, 0.1) is 0 Å². The van der Waals surface area contributed by atoms with Crippen LogP contribution in [0.25, 0.3) is 6.08 Å². The molecule has 9 heteroatoms. The highest BCUT2D eigenvalue weighted by molar-refractivity contribution is 7.89. The molecule has 1 amide bonds. The highest BCUT2D eigenvalue weighted by Gasteiger charge is 2.20. The minimum Gasteiger partial charge on any atom is -0.465 e. The van der Waals surface area contributed by atoms with Crippen molar-refractivity contribution in [3.8, 4) is 0 Å². The second kappa shape index (κ2) is 10.2. The van der Waals surface area contributed by atoms with Gasteiger partial charge in [-0.05, 0) is 60.3 Å². The highest BCUT2D eigenvalue weighted by Crippen LogP contribution is 2.19. The molecule has 0 saturated heterocycles. The monoisotopic (exact) mass is 455 g/mol. The first-order valence-electron chi connectivity index (χ1n) is 9.28. The Morgan fingerprint density at radius 2 is 1.77 bits per heavy atom. The molecule has 0 aliphatic carbocycles. The van der Waals surface area contributed by atoms with Crippen molar-refractivity contribution in [3.05, 3.63) is 90.4 Å². The standard InChI is InChI=1S/C22H21N3O4S2/c1-25(16-17-6-3-2-4-7-17)31(27,28)20-12-9-18(10-13-20)23-22(30)24-21(26)14-11-19-8-5-15-29-19/h2-15H,16H2,1H3,(H2,23,24,26,30). The maximum Gasteiger partial charge on any atom is 0.250 e. The Bertz CT molecular complexity index is 1160. The van der Waals surface area contributed by atoms with E-state index in [0.717, 1.165) is 5.56 Å². The molecule has 2 N–H and O–H groups in total. The second-order valence-electron chi connectivity index (χ2n) is 6.56. The number of thiocarbonyl (C=S) groups is 1. The van der Waals surface area contributed by atoms with Crippen molar-refractivity contribution in [1.29, 1.82) is 0 Å². The average Bonchev–Trinajstić information content (AvgIpc) is 3.27. The van der Waals surface area contributed by atoms with Crippen molar-refractivity contribution in [2.45, 2.75) is 11.4 Å². The van der Waals surface area contributed by atoms with Crippen molar-refractivity contribution in [3.63, 3.8) is 0 Å². The summed E-state index contributed by atoms with van der Waals surface area (Å²) in [5.74, 6) is 0.124. The summed E-state index contributed by atoms with van der Waals surface area (Å²) in [7, 11) is -2.11. The van der Waals surface area contributed by atoms with Gasteiger partial charge in [0.2, 0.25) is 15.9 Å². The van der Waals surface area contributed by atoms with Crippen molar-refractivity contribution in [2.24, 2.45) is 0 Å². The van der Waals surface area contributed by atoms with E-state index in [1.54, 1.807) is 24.3 Å². The van der Waals surface area contributed by atoms with Crippen molar-refractivity contribution in [2.75, 3.05) is 12.4 Å². The first-order valence-corrected chi connectivity index (χ1v) is 11.1. The van der Waals surface area contributed by atoms with Crippen LogP contribution >= 0.6 is 12.2 Å². The number of nitrogens with zero attached hydrogens (tertiary/aromatic N) is 1. The zero-order valence-corrected chi connectivity index (χ0v) is 18.3. The molecule has 1 aromatic heterocycles. The molecule has 7 nitrogen and oxygen atoms in total. The van der Waals surface area contributed by atoms with E-state index in [2.05, 4.69) is 10.6 Å². The van der Waals surface area contributed by atoms with E-state index in [1.807, 2.05) is 30.3 Å².